The third-order valence-electron chi connectivity index (χ3n) is 4.56. The summed E-state index contributed by atoms with van der Waals surface area (Å²) in [5.41, 5.74) is 1.86. The number of aromatic nitrogens is 1. The Morgan fingerprint density at radius 3 is 2.70 bits per heavy atom. The Hall–Kier alpha value is -2.23. The van der Waals surface area contributed by atoms with Gasteiger partial charge in [0.15, 0.2) is 10.9 Å². The van der Waals surface area contributed by atoms with E-state index in [2.05, 4.69) is 10.3 Å². The van der Waals surface area contributed by atoms with Gasteiger partial charge in [-0.25, -0.2) is 13.4 Å². The summed E-state index contributed by atoms with van der Waals surface area (Å²) >= 11 is 1.36. The fraction of sp³-hybridized carbons (Fsp3) is 0.333. The first-order valence-electron chi connectivity index (χ1n) is 8.73. The summed E-state index contributed by atoms with van der Waals surface area (Å²) in [5, 5.41) is 2.93. The molecule has 1 aliphatic rings. The number of rotatable bonds is 4. The molecule has 3 heterocycles. The van der Waals surface area contributed by atoms with E-state index < -0.39 is 15.9 Å². The fourth-order valence-corrected chi connectivity index (χ4v) is 5.48. The molecular weight excluding hydrogens is 386 g/mol. The number of furan rings is 1. The van der Waals surface area contributed by atoms with Crippen LogP contribution in [0.3, 0.4) is 0 Å². The Morgan fingerprint density at radius 2 is 1.96 bits per heavy atom. The number of para-hydroxylation sites is 1. The fourth-order valence-electron chi connectivity index (χ4n) is 3.11. The molecule has 2 aromatic heterocycles. The number of fused-ring (bicyclic) bond motifs is 1. The third kappa shape index (κ3) is 3.50. The smallest absolute Gasteiger partial charge is 0.293 e. The summed E-state index contributed by atoms with van der Waals surface area (Å²) < 4.78 is 33.0. The highest BCUT2D eigenvalue weighted by atomic mass is 32.2. The number of hydrogen-bond acceptors (Lipinski definition) is 6. The Kier molecular flexibility index (Phi) is 4.75. The van der Waals surface area contributed by atoms with Crippen LogP contribution in [-0.2, 0) is 10.0 Å². The lowest BCUT2D eigenvalue weighted by molar-refractivity contribution is 0.0991. The standard InChI is InChI=1S/C18H19N3O4S2/c1-12-6-5-7-14-16(12)19-18(26-14)20-17(22)13-8-9-15(25-13)27(23,24)21-10-3-2-4-11-21/h5-9H,2-4,10-11H2,1H3,(H,19,20,22). The van der Waals surface area contributed by atoms with Gasteiger partial charge in [-0.05, 0) is 43.5 Å². The van der Waals surface area contributed by atoms with Crippen molar-refractivity contribution in [2.45, 2.75) is 31.3 Å². The van der Waals surface area contributed by atoms with Gasteiger partial charge < -0.3 is 4.42 Å². The number of hydrogen-bond donors (Lipinski definition) is 1. The van der Waals surface area contributed by atoms with Crippen LogP contribution in [0.1, 0.15) is 35.4 Å². The number of sulfonamides is 1. The Bertz CT molecular complexity index is 1090. The number of piperidine rings is 1. The zero-order valence-corrected chi connectivity index (χ0v) is 16.4. The largest absolute Gasteiger partial charge is 0.438 e. The highest BCUT2D eigenvalue weighted by Gasteiger charge is 2.29. The van der Waals surface area contributed by atoms with Gasteiger partial charge in [-0.3, -0.25) is 10.1 Å². The van der Waals surface area contributed by atoms with Crippen LogP contribution < -0.4 is 5.32 Å². The second kappa shape index (κ2) is 7.06. The van der Waals surface area contributed by atoms with Crippen molar-refractivity contribution in [2.24, 2.45) is 0 Å². The van der Waals surface area contributed by atoms with E-state index in [0.29, 0.717) is 18.2 Å². The lowest BCUT2D eigenvalue weighted by atomic mass is 10.2. The highest BCUT2D eigenvalue weighted by molar-refractivity contribution is 7.89. The number of carbonyl (C=O) groups excluding carboxylic acids is 1. The molecule has 27 heavy (non-hydrogen) atoms. The molecule has 3 aromatic rings. The van der Waals surface area contributed by atoms with Crippen molar-refractivity contribution in [1.29, 1.82) is 0 Å². The number of aryl methyl sites for hydroxylation is 1. The molecule has 1 fully saturated rings. The van der Waals surface area contributed by atoms with E-state index in [4.69, 9.17) is 4.42 Å². The van der Waals surface area contributed by atoms with Crippen LogP contribution in [0.25, 0.3) is 10.2 Å². The maximum absolute atomic E-state index is 12.6. The van der Waals surface area contributed by atoms with Crippen molar-refractivity contribution >= 4 is 42.6 Å². The zero-order valence-electron chi connectivity index (χ0n) is 14.8. The van der Waals surface area contributed by atoms with Crippen LogP contribution in [0, 0.1) is 6.92 Å². The van der Waals surface area contributed by atoms with Crippen molar-refractivity contribution in [3.8, 4) is 0 Å². The first-order chi connectivity index (χ1) is 12.9. The van der Waals surface area contributed by atoms with Crippen molar-refractivity contribution in [3.05, 3.63) is 41.7 Å². The van der Waals surface area contributed by atoms with E-state index in [0.717, 1.165) is 35.0 Å². The number of thiazole rings is 1. The van der Waals surface area contributed by atoms with Gasteiger partial charge in [0.25, 0.3) is 15.9 Å². The van der Waals surface area contributed by atoms with Gasteiger partial charge in [0, 0.05) is 13.1 Å². The quantitative estimate of drug-likeness (QED) is 0.716. The number of carbonyl (C=O) groups is 1. The van der Waals surface area contributed by atoms with E-state index in [1.807, 2.05) is 25.1 Å². The minimum atomic E-state index is -3.70. The predicted molar refractivity (Wildman–Crippen MR) is 104 cm³/mol. The monoisotopic (exact) mass is 405 g/mol. The number of anilines is 1. The average molecular weight is 406 g/mol. The van der Waals surface area contributed by atoms with Crippen LogP contribution in [0.2, 0.25) is 0 Å². The van der Waals surface area contributed by atoms with E-state index in [1.165, 1.54) is 27.8 Å². The van der Waals surface area contributed by atoms with Gasteiger partial charge in [-0.15, -0.1) is 0 Å². The maximum atomic E-state index is 12.6. The molecule has 1 aliphatic heterocycles. The maximum Gasteiger partial charge on any atom is 0.293 e. The highest BCUT2D eigenvalue weighted by Crippen LogP contribution is 2.29. The van der Waals surface area contributed by atoms with Crippen LogP contribution in [0.15, 0.2) is 39.8 Å². The lowest BCUT2D eigenvalue weighted by Crippen LogP contribution is -2.35. The molecule has 4 rings (SSSR count). The van der Waals surface area contributed by atoms with Crippen LogP contribution in [-0.4, -0.2) is 36.7 Å². The lowest BCUT2D eigenvalue weighted by Gasteiger charge is -2.24. The molecule has 1 saturated heterocycles. The summed E-state index contributed by atoms with van der Waals surface area (Å²) in [7, 11) is -3.70. The van der Waals surface area contributed by atoms with Crippen molar-refractivity contribution in [1.82, 2.24) is 9.29 Å². The van der Waals surface area contributed by atoms with E-state index >= 15 is 0 Å². The van der Waals surface area contributed by atoms with Gasteiger partial charge in [0.1, 0.15) is 0 Å². The predicted octanol–water partition coefficient (Wildman–Crippen LogP) is 3.62. The molecule has 7 nitrogen and oxygen atoms in total. The third-order valence-corrected chi connectivity index (χ3v) is 7.26. The molecule has 9 heteroatoms. The summed E-state index contributed by atoms with van der Waals surface area (Å²) in [6.45, 7) is 2.92. The van der Waals surface area contributed by atoms with Crippen molar-refractivity contribution in [3.63, 3.8) is 0 Å². The van der Waals surface area contributed by atoms with Crippen LogP contribution >= 0.6 is 11.3 Å². The van der Waals surface area contributed by atoms with Gasteiger partial charge in [0.2, 0.25) is 5.09 Å². The second-order valence-corrected chi connectivity index (χ2v) is 9.38. The van der Waals surface area contributed by atoms with Crippen molar-refractivity contribution < 1.29 is 17.6 Å². The van der Waals surface area contributed by atoms with Gasteiger partial charge in [-0.2, -0.15) is 4.31 Å². The molecule has 0 bridgehead atoms. The molecule has 0 radical (unpaired) electrons. The number of amides is 1. The summed E-state index contributed by atoms with van der Waals surface area (Å²) in [4.78, 5) is 16.9. The summed E-state index contributed by atoms with van der Waals surface area (Å²) in [5.74, 6) is -0.576. The van der Waals surface area contributed by atoms with Gasteiger partial charge in [-0.1, -0.05) is 29.9 Å². The van der Waals surface area contributed by atoms with Crippen molar-refractivity contribution in [2.75, 3.05) is 18.4 Å². The minimum Gasteiger partial charge on any atom is -0.438 e. The normalized spacial score (nSPS) is 15.9. The molecule has 1 aromatic carbocycles. The van der Waals surface area contributed by atoms with E-state index in [1.54, 1.807) is 0 Å². The minimum absolute atomic E-state index is 0.0541. The number of nitrogens with zero attached hydrogens (tertiary/aromatic N) is 2. The molecular formula is C18H19N3O4S2. The Labute approximate surface area is 161 Å². The van der Waals surface area contributed by atoms with E-state index in [-0.39, 0.29) is 10.9 Å². The van der Waals surface area contributed by atoms with Gasteiger partial charge >= 0.3 is 0 Å². The molecule has 0 spiro atoms. The number of nitrogens with one attached hydrogen (secondary N) is 1. The topological polar surface area (TPSA) is 92.5 Å². The number of benzene rings is 1. The SMILES string of the molecule is Cc1cccc2sc(NC(=O)c3ccc(S(=O)(=O)N4CCCCC4)o3)nc12. The van der Waals surface area contributed by atoms with E-state index in [9.17, 15) is 13.2 Å². The molecule has 1 amide bonds. The Balaban J connectivity index is 1.53. The molecule has 0 saturated carbocycles. The molecule has 142 valence electrons. The molecule has 0 atom stereocenters. The summed E-state index contributed by atoms with van der Waals surface area (Å²) in [6.07, 6.45) is 2.70. The summed E-state index contributed by atoms with van der Waals surface area (Å²) in [6, 6.07) is 8.54. The first-order valence-corrected chi connectivity index (χ1v) is 11.0. The molecule has 0 unspecified atom stereocenters. The van der Waals surface area contributed by atoms with Crippen LogP contribution in [0.5, 0.6) is 0 Å². The average Bonchev–Trinajstić information content (AvgIpc) is 3.30. The molecule has 1 N–H and O–H groups in total. The molecule has 0 aliphatic carbocycles. The zero-order chi connectivity index (χ0) is 19.0. The van der Waals surface area contributed by atoms with Gasteiger partial charge in [0.05, 0.1) is 10.2 Å². The Morgan fingerprint density at radius 1 is 1.19 bits per heavy atom. The second-order valence-electron chi connectivity index (χ2n) is 6.48. The first kappa shape index (κ1) is 18.1. The van der Waals surface area contributed by atoms with Crippen LogP contribution in [0.4, 0.5) is 5.13 Å².